The molecule has 1 fully saturated rings. The molecule has 0 spiro atoms. The highest BCUT2D eigenvalue weighted by molar-refractivity contribution is 5.15. The molecule has 3 atom stereocenters. The van der Waals surface area contributed by atoms with Crippen molar-refractivity contribution in [3.8, 4) is 0 Å². The Balaban J connectivity index is 1.99. The Morgan fingerprint density at radius 3 is 2.64 bits per heavy atom. The number of nitrogens with one attached hydrogen (secondary N) is 1. The van der Waals surface area contributed by atoms with Crippen molar-refractivity contribution in [2.24, 2.45) is 12.5 Å². The van der Waals surface area contributed by atoms with Crippen LogP contribution in [0.5, 0.6) is 0 Å². The summed E-state index contributed by atoms with van der Waals surface area (Å²) in [4.78, 5) is 0. The Hall–Kier alpha value is -0.910. The van der Waals surface area contributed by atoms with Gasteiger partial charge >= 0.3 is 0 Å². The third kappa shape index (κ3) is 3.07. The maximum atomic E-state index is 10.7. The van der Waals surface area contributed by atoms with E-state index in [1.807, 2.05) is 20.2 Å². The Kier molecular flexibility index (Phi) is 5.30. The number of hydrogen-bond donors (Lipinski definition) is 2. The maximum Gasteiger partial charge on any atom is 0.102 e. The van der Waals surface area contributed by atoms with E-state index in [-0.39, 0.29) is 5.41 Å². The molecule has 5 nitrogen and oxygen atoms in total. The lowest BCUT2D eigenvalue weighted by atomic mass is 9.58. The molecule has 1 aromatic heterocycles. The summed E-state index contributed by atoms with van der Waals surface area (Å²) in [7, 11) is 1.87. The van der Waals surface area contributed by atoms with Crippen molar-refractivity contribution in [3.63, 3.8) is 0 Å². The van der Waals surface area contributed by atoms with Gasteiger partial charge in [0.2, 0.25) is 0 Å². The van der Waals surface area contributed by atoms with E-state index < -0.39 is 5.60 Å². The molecule has 2 rings (SSSR count). The van der Waals surface area contributed by atoms with Crippen molar-refractivity contribution in [1.82, 2.24) is 15.1 Å². The van der Waals surface area contributed by atoms with Gasteiger partial charge in [-0.15, -0.1) is 0 Å². The molecule has 1 saturated carbocycles. The number of rotatable bonds is 8. The average molecular weight is 309 g/mol. The van der Waals surface area contributed by atoms with Gasteiger partial charge in [-0.05, 0) is 33.1 Å². The highest BCUT2D eigenvalue weighted by Gasteiger charge is 2.53. The molecule has 1 aliphatic rings. The number of hydrogen-bond acceptors (Lipinski definition) is 4. The van der Waals surface area contributed by atoms with Crippen LogP contribution in [0.1, 0.15) is 52.5 Å². The molecule has 0 radical (unpaired) electrons. The predicted octanol–water partition coefficient (Wildman–Crippen LogP) is 2.20. The molecule has 1 aliphatic carbocycles. The van der Waals surface area contributed by atoms with Gasteiger partial charge in [-0.1, -0.05) is 13.8 Å². The van der Waals surface area contributed by atoms with Crippen molar-refractivity contribution < 1.29 is 9.84 Å². The Morgan fingerprint density at radius 1 is 1.45 bits per heavy atom. The van der Waals surface area contributed by atoms with E-state index in [1.54, 1.807) is 10.9 Å². The topological polar surface area (TPSA) is 59.3 Å². The van der Waals surface area contributed by atoms with Crippen LogP contribution < -0.4 is 5.32 Å². The molecule has 0 bridgehead atoms. The molecule has 5 heteroatoms. The van der Waals surface area contributed by atoms with Crippen molar-refractivity contribution in [3.05, 3.63) is 18.0 Å². The first-order valence-corrected chi connectivity index (χ1v) is 8.46. The van der Waals surface area contributed by atoms with Gasteiger partial charge in [0.15, 0.2) is 0 Å². The predicted molar refractivity (Wildman–Crippen MR) is 87.6 cm³/mol. The molecule has 1 aromatic rings. The molecule has 0 saturated heterocycles. The van der Waals surface area contributed by atoms with Gasteiger partial charge in [0.25, 0.3) is 0 Å². The summed E-state index contributed by atoms with van der Waals surface area (Å²) in [5.74, 6) is 0. The summed E-state index contributed by atoms with van der Waals surface area (Å²) in [6.45, 7) is 9.68. The van der Waals surface area contributed by atoms with Crippen LogP contribution in [0.2, 0.25) is 0 Å². The molecular formula is C17H31N3O2. The summed E-state index contributed by atoms with van der Waals surface area (Å²) in [6.07, 6.45) is 7.17. The lowest BCUT2D eigenvalue weighted by Crippen LogP contribution is -2.64. The van der Waals surface area contributed by atoms with Gasteiger partial charge in [-0.2, -0.15) is 5.10 Å². The SMILES string of the molecule is CCOC1CC(NCC(C)(O)c2cnn(C)c2)C1(CC)CC. The minimum absolute atomic E-state index is 0.195. The monoisotopic (exact) mass is 309 g/mol. The van der Waals surface area contributed by atoms with Gasteiger partial charge in [0.05, 0.1) is 12.3 Å². The number of aliphatic hydroxyl groups is 1. The zero-order chi connectivity index (χ0) is 16.4. The largest absolute Gasteiger partial charge is 0.384 e. The number of aromatic nitrogens is 2. The van der Waals surface area contributed by atoms with E-state index in [4.69, 9.17) is 4.74 Å². The third-order valence-electron chi connectivity index (χ3n) is 5.49. The number of aryl methyl sites for hydroxylation is 1. The molecule has 2 N–H and O–H groups in total. The fourth-order valence-electron chi connectivity index (χ4n) is 3.79. The molecule has 126 valence electrons. The minimum Gasteiger partial charge on any atom is -0.384 e. The van der Waals surface area contributed by atoms with E-state index in [0.717, 1.165) is 31.4 Å². The lowest BCUT2D eigenvalue weighted by Gasteiger charge is -2.56. The van der Waals surface area contributed by atoms with Gasteiger partial charge in [0.1, 0.15) is 5.60 Å². The van der Waals surface area contributed by atoms with E-state index in [2.05, 4.69) is 31.2 Å². The quantitative estimate of drug-likeness (QED) is 0.773. The summed E-state index contributed by atoms with van der Waals surface area (Å²) in [5, 5.41) is 18.4. The smallest absolute Gasteiger partial charge is 0.102 e. The van der Waals surface area contributed by atoms with E-state index >= 15 is 0 Å². The van der Waals surface area contributed by atoms with Crippen LogP contribution in [0.4, 0.5) is 0 Å². The van der Waals surface area contributed by atoms with E-state index in [9.17, 15) is 5.11 Å². The molecule has 3 unspecified atom stereocenters. The van der Waals surface area contributed by atoms with Crippen LogP contribution in [0, 0.1) is 5.41 Å². The number of ether oxygens (including phenoxy) is 1. The molecule has 0 aliphatic heterocycles. The second-order valence-electron chi connectivity index (χ2n) is 6.73. The second kappa shape index (κ2) is 6.69. The van der Waals surface area contributed by atoms with Crippen LogP contribution in [0.25, 0.3) is 0 Å². The summed E-state index contributed by atoms with van der Waals surface area (Å²) in [6, 6.07) is 0.405. The van der Waals surface area contributed by atoms with E-state index in [0.29, 0.717) is 18.7 Å². The molecule has 1 heterocycles. The molecular weight excluding hydrogens is 278 g/mol. The maximum absolute atomic E-state index is 10.7. The van der Waals surface area contributed by atoms with E-state index in [1.165, 1.54) is 0 Å². The van der Waals surface area contributed by atoms with Crippen LogP contribution in [-0.4, -0.2) is 40.2 Å². The van der Waals surface area contributed by atoms with Gasteiger partial charge in [0, 0.05) is 43.4 Å². The summed E-state index contributed by atoms with van der Waals surface area (Å²) in [5.41, 5.74) is 0.140. The molecule has 0 aromatic carbocycles. The van der Waals surface area contributed by atoms with Gasteiger partial charge in [-0.3, -0.25) is 4.68 Å². The fraction of sp³-hybridized carbons (Fsp3) is 0.824. The van der Waals surface area contributed by atoms with Crippen LogP contribution in [-0.2, 0) is 17.4 Å². The fourth-order valence-corrected chi connectivity index (χ4v) is 3.79. The Bertz CT molecular complexity index is 480. The molecule has 0 amide bonds. The summed E-state index contributed by atoms with van der Waals surface area (Å²) < 4.78 is 7.63. The molecule has 22 heavy (non-hydrogen) atoms. The highest BCUT2D eigenvalue weighted by atomic mass is 16.5. The highest BCUT2D eigenvalue weighted by Crippen LogP contribution is 2.49. The summed E-state index contributed by atoms with van der Waals surface area (Å²) >= 11 is 0. The van der Waals surface area contributed by atoms with Gasteiger partial charge < -0.3 is 15.2 Å². The van der Waals surface area contributed by atoms with Crippen LogP contribution >= 0.6 is 0 Å². The normalized spacial score (nSPS) is 26.5. The first-order valence-electron chi connectivity index (χ1n) is 8.46. The van der Waals surface area contributed by atoms with Crippen molar-refractivity contribution in [2.45, 2.75) is 64.7 Å². The number of nitrogens with zero attached hydrogens (tertiary/aromatic N) is 2. The third-order valence-corrected chi connectivity index (χ3v) is 5.49. The zero-order valence-corrected chi connectivity index (χ0v) is 14.6. The average Bonchev–Trinajstić information content (AvgIpc) is 2.91. The van der Waals surface area contributed by atoms with Crippen molar-refractivity contribution >= 4 is 0 Å². The minimum atomic E-state index is -0.905. The first-order chi connectivity index (χ1) is 10.4. The lowest BCUT2D eigenvalue weighted by molar-refractivity contribution is -0.141. The standard InChI is InChI=1S/C17H31N3O2/c1-6-17(7-2)14(9-15(17)22-8-3)18-12-16(4,21)13-10-19-20(5)11-13/h10-11,14-15,18,21H,6-9,12H2,1-5H3. The van der Waals surface area contributed by atoms with Gasteiger partial charge in [-0.25, -0.2) is 0 Å². The zero-order valence-electron chi connectivity index (χ0n) is 14.6. The first kappa shape index (κ1) is 17.4. The van der Waals surface area contributed by atoms with Crippen LogP contribution in [0.15, 0.2) is 12.4 Å². The van der Waals surface area contributed by atoms with Crippen molar-refractivity contribution in [2.75, 3.05) is 13.2 Å². The second-order valence-corrected chi connectivity index (χ2v) is 6.73. The van der Waals surface area contributed by atoms with Crippen LogP contribution in [0.3, 0.4) is 0 Å². The Morgan fingerprint density at radius 2 is 2.14 bits per heavy atom. The Labute approximate surface area is 134 Å². The van der Waals surface area contributed by atoms with Crippen molar-refractivity contribution in [1.29, 1.82) is 0 Å².